The van der Waals surface area contributed by atoms with E-state index >= 15 is 0 Å². The maximum Gasteiger partial charge on any atom is 0.299 e. The first-order valence-electron chi connectivity index (χ1n) is 8.01. The fourth-order valence-corrected chi connectivity index (χ4v) is 3.20. The van der Waals surface area contributed by atoms with Gasteiger partial charge in [0.2, 0.25) is 0 Å². The summed E-state index contributed by atoms with van der Waals surface area (Å²) in [7, 11) is 1.54. The molecule has 5 nitrogen and oxygen atoms in total. The Hall–Kier alpha value is -2.65. The SMILES string of the molecule is COCC#CC(=O)N1CC(C)(C)C1c1nccn1-c1ccc(F)cc1. The van der Waals surface area contributed by atoms with Crippen LogP contribution in [0.4, 0.5) is 4.39 Å². The second kappa shape index (κ2) is 6.69. The zero-order chi connectivity index (χ0) is 18.0. The van der Waals surface area contributed by atoms with Crippen LogP contribution in [0.1, 0.15) is 25.7 Å². The van der Waals surface area contributed by atoms with Crippen molar-refractivity contribution >= 4 is 5.91 Å². The van der Waals surface area contributed by atoms with E-state index < -0.39 is 0 Å². The van der Waals surface area contributed by atoms with E-state index in [-0.39, 0.29) is 29.8 Å². The van der Waals surface area contributed by atoms with Crippen LogP contribution in [0.25, 0.3) is 5.69 Å². The molecule has 1 fully saturated rings. The Balaban J connectivity index is 1.92. The molecule has 1 aromatic carbocycles. The molecule has 3 rings (SSSR count). The maximum absolute atomic E-state index is 13.2. The number of methoxy groups -OCH3 is 1. The number of nitrogens with zero attached hydrogens (tertiary/aromatic N) is 3. The molecule has 1 aromatic heterocycles. The summed E-state index contributed by atoms with van der Waals surface area (Å²) in [6.07, 6.45) is 3.50. The van der Waals surface area contributed by atoms with Gasteiger partial charge in [-0.3, -0.25) is 4.79 Å². The number of ether oxygens (including phenoxy) is 1. The van der Waals surface area contributed by atoms with E-state index in [2.05, 4.69) is 30.7 Å². The van der Waals surface area contributed by atoms with Crippen LogP contribution in [0.5, 0.6) is 0 Å². The van der Waals surface area contributed by atoms with Crippen molar-refractivity contribution in [1.29, 1.82) is 0 Å². The second-order valence-corrected chi connectivity index (χ2v) is 6.69. The Bertz CT molecular complexity index is 830. The number of carbonyl (C=O) groups is 1. The van der Waals surface area contributed by atoms with Crippen LogP contribution in [0, 0.1) is 23.1 Å². The standard InChI is InChI=1S/C19H20FN3O2/c1-19(2)13-23(16(24)5-4-12-25-3)17(19)18-21-10-11-22(18)15-8-6-14(20)7-9-15/h6-11,17H,12-13H2,1-3H3. The van der Waals surface area contributed by atoms with Gasteiger partial charge >= 0.3 is 0 Å². The Labute approximate surface area is 146 Å². The molecule has 0 saturated carbocycles. The van der Waals surface area contributed by atoms with Crippen molar-refractivity contribution in [3.63, 3.8) is 0 Å². The number of aromatic nitrogens is 2. The van der Waals surface area contributed by atoms with E-state index in [4.69, 9.17) is 4.74 Å². The molecule has 0 spiro atoms. The highest BCUT2D eigenvalue weighted by atomic mass is 19.1. The third-order valence-electron chi connectivity index (χ3n) is 4.32. The monoisotopic (exact) mass is 341 g/mol. The number of hydrogen-bond donors (Lipinski definition) is 0. The van der Waals surface area contributed by atoms with Crippen molar-refractivity contribution in [2.24, 2.45) is 5.41 Å². The number of carbonyl (C=O) groups excluding carboxylic acids is 1. The largest absolute Gasteiger partial charge is 0.372 e. The van der Waals surface area contributed by atoms with E-state index in [0.29, 0.717) is 6.54 Å². The third kappa shape index (κ3) is 3.28. The molecule has 2 aromatic rings. The van der Waals surface area contributed by atoms with Gasteiger partial charge in [0.15, 0.2) is 0 Å². The number of benzene rings is 1. The maximum atomic E-state index is 13.2. The molecule has 130 valence electrons. The minimum Gasteiger partial charge on any atom is -0.372 e. The highest BCUT2D eigenvalue weighted by Crippen LogP contribution is 2.48. The van der Waals surface area contributed by atoms with Gasteiger partial charge in [-0.15, -0.1) is 0 Å². The van der Waals surface area contributed by atoms with Gasteiger partial charge in [-0.25, -0.2) is 9.37 Å². The van der Waals surface area contributed by atoms with E-state index in [9.17, 15) is 9.18 Å². The zero-order valence-corrected chi connectivity index (χ0v) is 14.5. The van der Waals surface area contributed by atoms with Gasteiger partial charge in [-0.1, -0.05) is 19.8 Å². The summed E-state index contributed by atoms with van der Waals surface area (Å²) >= 11 is 0. The van der Waals surface area contributed by atoms with Crippen molar-refractivity contribution in [2.75, 3.05) is 20.3 Å². The predicted octanol–water partition coefficient (Wildman–Crippen LogP) is 2.57. The number of halogens is 1. The van der Waals surface area contributed by atoms with E-state index in [1.54, 1.807) is 23.2 Å². The lowest BCUT2D eigenvalue weighted by Gasteiger charge is -2.52. The van der Waals surface area contributed by atoms with Gasteiger partial charge in [-0.2, -0.15) is 0 Å². The van der Waals surface area contributed by atoms with E-state index in [0.717, 1.165) is 11.5 Å². The van der Waals surface area contributed by atoms with Crippen LogP contribution in [0.3, 0.4) is 0 Å². The third-order valence-corrected chi connectivity index (χ3v) is 4.32. The average Bonchev–Trinajstić information content (AvgIpc) is 3.02. The predicted molar refractivity (Wildman–Crippen MR) is 91.4 cm³/mol. The Kier molecular flexibility index (Phi) is 4.60. The molecule has 1 atom stereocenters. The molecule has 1 aliphatic rings. The topological polar surface area (TPSA) is 47.4 Å². The summed E-state index contributed by atoms with van der Waals surface area (Å²) in [6, 6.07) is 6.00. The van der Waals surface area contributed by atoms with Crippen LogP contribution in [-0.4, -0.2) is 40.6 Å². The van der Waals surface area contributed by atoms with Gasteiger partial charge in [0.05, 0.1) is 6.04 Å². The number of likely N-dealkylation sites (tertiary alicyclic amines) is 1. The fourth-order valence-electron chi connectivity index (χ4n) is 3.20. The summed E-state index contributed by atoms with van der Waals surface area (Å²) in [5.74, 6) is 5.51. The quantitative estimate of drug-likeness (QED) is 0.806. The molecule has 1 aliphatic heterocycles. The average molecular weight is 341 g/mol. The number of imidazole rings is 1. The second-order valence-electron chi connectivity index (χ2n) is 6.69. The van der Waals surface area contributed by atoms with Gasteiger partial charge in [-0.05, 0) is 30.2 Å². The molecule has 6 heteroatoms. The summed E-state index contributed by atoms with van der Waals surface area (Å²) in [5.41, 5.74) is 0.677. The van der Waals surface area contributed by atoms with Crippen molar-refractivity contribution in [1.82, 2.24) is 14.5 Å². The summed E-state index contributed by atoms with van der Waals surface area (Å²) in [5, 5.41) is 0. The zero-order valence-electron chi connectivity index (χ0n) is 14.5. The summed E-state index contributed by atoms with van der Waals surface area (Å²) in [6.45, 7) is 5.01. The van der Waals surface area contributed by atoms with Crippen LogP contribution >= 0.6 is 0 Å². The first kappa shape index (κ1) is 17.2. The Morgan fingerprint density at radius 3 is 2.76 bits per heavy atom. The minimum absolute atomic E-state index is 0.123. The Morgan fingerprint density at radius 1 is 1.40 bits per heavy atom. The molecular formula is C19H20FN3O2. The lowest BCUT2D eigenvalue weighted by molar-refractivity contribution is -0.146. The molecule has 0 N–H and O–H groups in total. The smallest absolute Gasteiger partial charge is 0.299 e. The lowest BCUT2D eigenvalue weighted by Crippen LogP contribution is -2.58. The molecular weight excluding hydrogens is 321 g/mol. The number of hydrogen-bond acceptors (Lipinski definition) is 3. The highest BCUT2D eigenvalue weighted by Gasteiger charge is 2.50. The number of rotatable bonds is 3. The van der Waals surface area contributed by atoms with Gasteiger partial charge < -0.3 is 14.2 Å². The highest BCUT2D eigenvalue weighted by molar-refractivity contribution is 5.94. The summed E-state index contributed by atoms with van der Waals surface area (Å²) < 4.78 is 19.9. The summed E-state index contributed by atoms with van der Waals surface area (Å²) in [4.78, 5) is 18.6. The fraction of sp³-hybridized carbons (Fsp3) is 0.368. The molecule has 0 aliphatic carbocycles. The number of amides is 1. The van der Waals surface area contributed by atoms with Crippen LogP contribution in [0.15, 0.2) is 36.7 Å². The van der Waals surface area contributed by atoms with Crippen molar-refractivity contribution in [3.8, 4) is 17.5 Å². The Morgan fingerprint density at radius 2 is 2.12 bits per heavy atom. The first-order chi connectivity index (χ1) is 11.9. The van der Waals surface area contributed by atoms with Gasteiger partial charge in [0.25, 0.3) is 5.91 Å². The first-order valence-corrected chi connectivity index (χ1v) is 8.01. The minimum atomic E-state index is -0.292. The lowest BCUT2D eigenvalue weighted by atomic mass is 9.74. The van der Waals surface area contributed by atoms with Crippen LogP contribution in [0.2, 0.25) is 0 Å². The molecule has 1 saturated heterocycles. The molecule has 1 unspecified atom stereocenters. The van der Waals surface area contributed by atoms with Gasteiger partial charge in [0.1, 0.15) is 18.2 Å². The van der Waals surface area contributed by atoms with E-state index in [1.165, 1.54) is 19.2 Å². The van der Waals surface area contributed by atoms with E-state index in [1.807, 2.05) is 10.8 Å². The molecule has 25 heavy (non-hydrogen) atoms. The van der Waals surface area contributed by atoms with Crippen molar-refractivity contribution in [3.05, 3.63) is 48.3 Å². The van der Waals surface area contributed by atoms with Crippen LogP contribution < -0.4 is 0 Å². The molecule has 2 heterocycles. The molecule has 1 amide bonds. The van der Waals surface area contributed by atoms with Crippen molar-refractivity contribution in [2.45, 2.75) is 19.9 Å². The molecule has 0 bridgehead atoms. The normalized spacial score (nSPS) is 18.2. The van der Waals surface area contributed by atoms with Gasteiger partial charge in [0, 0.05) is 37.2 Å². The van der Waals surface area contributed by atoms with Crippen LogP contribution in [-0.2, 0) is 9.53 Å². The van der Waals surface area contributed by atoms with Crippen molar-refractivity contribution < 1.29 is 13.9 Å². The molecule has 0 radical (unpaired) electrons.